The number of ether oxygens (including phenoxy) is 2. The summed E-state index contributed by atoms with van der Waals surface area (Å²) in [5, 5.41) is 0. The summed E-state index contributed by atoms with van der Waals surface area (Å²) < 4.78 is 10.3. The van der Waals surface area contributed by atoms with Crippen molar-refractivity contribution in [2.24, 2.45) is 5.41 Å². The smallest absolute Gasteiger partial charge is 0.316 e. The Morgan fingerprint density at radius 1 is 1.21 bits per heavy atom. The fourth-order valence-electron chi connectivity index (χ4n) is 0.765. The highest BCUT2D eigenvalue weighted by Crippen LogP contribution is 2.15. The number of rotatable bonds is 3. The molecule has 0 N–H and O–H groups in total. The molecule has 0 saturated heterocycles. The van der Waals surface area contributed by atoms with Crippen LogP contribution in [0, 0.1) is 5.41 Å². The monoisotopic (exact) mass is 196 g/mol. The molecule has 0 atom stereocenters. The van der Waals surface area contributed by atoms with Crippen LogP contribution in [0.3, 0.4) is 0 Å². The largest absolute Gasteiger partial charge is 0.494 e. The Hall–Kier alpha value is -1.32. The lowest BCUT2D eigenvalue weighted by Crippen LogP contribution is -2.17. The minimum absolute atomic E-state index is 0.114. The molecule has 0 amide bonds. The summed E-state index contributed by atoms with van der Waals surface area (Å²) in [5.74, 6) is 0.633. The molecule has 0 saturated carbocycles. The topological polar surface area (TPSA) is 44.2 Å². The maximum atomic E-state index is 5.39. The van der Waals surface area contributed by atoms with Crippen molar-refractivity contribution in [2.45, 2.75) is 20.8 Å². The molecule has 1 aromatic rings. The Balaban J connectivity index is 2.52. The summed E-state index contributed by atoms with van der Waals surface area (Å²) in [4.78, 5) is 7.99. The lowest BCUT2D eigenvalue weighted by Gasteiger charge is -2.17. The van der Waals surface area contributed by atoms with Crippen LogP contribution in [0.1, 0.15) is 20.8 Å². The Bertz CT molecular complexity index is 277. The molecule has 4 nitrogen and oxygen atoms in total. The second kappa shape index (κ2) is 4.26. The molecule has 0 aliphatic rings. The summed E-state index contributed by atoms with van der Waals surface area (Å²) >= 11 is 0. The predicted molar refractivity (Wildman–Crippen MR) is 53.5 cm³/mol. The zero-order chi connectivity index (χ0) is 10.6. The summed E-state index contributed by atoms with van der Waals surface area (Å²) in [5.41, 5.74) is 0.114. The van der Waals surface area contributed by atoms with Gasteiger partial charge in [0.15, 0.2) is 5.75 Å². The quantitative estimate of drug-likeness (QED) is 0.740. The van der Waals surface area contributed by atoms with E-state index in [1.54, 1.807) is 19.5 Å². The summed E-state index contributed by atoms with van der Waals surface area (Å²) in [6.45, 7) is 6.88. The number of hydrogen-bond acceptors (Lipinski definition) is 4. The highest BCUT2D eigenvalue weighted by Gasteiger charge is 2.11. The van der Waals surface area contributed by atoms with E-state index in [1.165, 1.54) is 0 Å². The van der Waals surface area contributed by atoms with E-state index < -0.39 is 0 Å². The van der Waals surface area contributed by atoms with Gasteiger partial charge in [-0.25, -0.2) is 0 Å². The van der Waals surface area contributed by atoms with E-state index in [0.717, 1.165) is 0 Å². The highest BCUT2D eigenvalue weighted by molar-refractivity contribution is 5.13. The second-order valence-electron chi connectivity index (χ2n) is 4.25. The number of nitrogens with zero attached hydrogens (tertiary/aromatic N) is 2. The van der Waals surface area contributed by atoms with Crippen molar-refractivity contribution in [2.75, 3.05) is 13.7 Å². The van der Waals surface area contributed by atoms with E-state index in [-0.39, 0.29) is 5.41 Å². The van der Waals surface area contributed by atoms with Crippen LogP contribution in [0.4, 0.5) is 0 Å². The van der Waals surface area contributed by atoms with E-state index >= 15 is 0 Å². The third-order valence-corrected chi connectivity index (χ3v) is 1.47. The first-order valence-corrected chi connectivity index (χ1v) is 4.50. The van der Waals surface area contributed by atoms with Gasteiger partial charge in [0, 0.05) is 0 Å². The first-order chi connectivity index (χ1) is 6.51. The van der Waals surface area contributed by atoms with Gasteiger partial charge in [0.1, 0.15) is 0 Å². The maximum Gasteiger partial charge on any atom is 0.316 e. The van der Waals surface area contributed by atoms with Crippen LogP contribution in [0.15, 0.2) is 12.4 Å². The predicted octanol–water partition coefficient (Wildman–Crippen LogP) is 1.91. The minimum Gasteiger partial charge on any atom is -0.494 e. The number of hydrogen-bond donors (Lipinski definition) is 0. The van der Waals surface area contributed by atoms with Gasteiger partial charge in [0.25, 0.3) is 0 Å². The van der Waals surface area contributed by atoms with Crippen LogP contribution in [-0.4, -0.2) is 23.7 Å². The van der Waals surface area contributed by atoms with Gasteiger partial charge < -0.3 is 9.47 Å². The SMILES string of the molecule is COc1cnc(OCC(C)(C)C)nc1. The van der Waals surface area contributed by atoms with E-state index in [0.29, 0.717) is 18.4 Å². The van der Waals surface area contributed by atoms with E-state index in [9.17, 15) is 0 Å². The van der Waals surface area contributed by atoms with E-state index in [2.05, 4.69) is 30.7 Å². The molecule has 0 unspecified atom stereocenters. The molecule has 0 fully saturated rings. The van der Waals surface area contributed by atoms with Crippen LogP contribution < -0.4 is 9.47 Å². The third kappa shape index (κ3) is 3.60. The van der Waals surface area contributed by atoms with Gasteiger partial charge in [0.05, 0.1) is 26.1 Å². The second-order valence-corrected chi connectivity index (χ2v) is 4.25. The van der Waals surface area contributed by atoms with Crippen LogP contribution in [-0.2, 0) is 0 Å². The van der Waals surface area contributed by atoms with Crippen molar-refractivity contribution in [3.8, 4) is 11.8 Å². The summed E-state index contributed by atoms with van der Waals surface area (Å²) in [7, 11) is 1.58. The van der Waals surface area contributed by atoms with Gasteiger partial charge in [0.2, 0.25) is 0 Å². The summed E-state index contributed by atoms with van der Waals surface area (Å²) in [6.07, 6.45) is 3.18. The fourth-order valence-corrected chi connectivity index (χ4v) is 0.765. The first-order valence-electron chi connectivity index (χ1n) is 4.50. The van der Waals surface area contributed by atoms with Crippen LogP contribution in [0.2, 0.25) is 0 Å². The van der Waals surface area contributed by atoms with Gasteiger partial charge in [-0.2, -0.15) is 9.97 Å². The number of methoxy groups -OCH3 is 1. The normalized spacial score (nSPS) is 11.1. The zero-order valence-electron chi connectivity index (χ0n) is 9.07. The Morgan fingerprint density at radius 3 is 2.21 bits per heavy atom. The Morgan fingerprint density at radius 2 is 1.79 bits per heavy atom. The molecule has 0 radical (unpaired) electrons. The van der Waals surface area contributed by atoms with Crippen molar-refractivity contribution in [1.82, 2.24) is 9.97 Å². The molecular formula is C10H16N2O2. The summed E-state index contributed by atoms with van der Waals surface area (Å²) in [6, 6.07) is 0.390. The van der Waals surface area contributed by atoms with Crippen molar-refractivity contribution < 1.29 is 9.47 Å². The highest BCUT2D eigenvalue weighted by atomic mass is 16.5. The van der Waals surface area contributed by atoms with Crippen LogP contribution in [0.25, 0.3) is 0 Å². The average molecular weight is 196 g/mol. The fraction of sp³-hybridized carbons (Fsp3) is 0.600. The van der Waals surface area contributed by atoms with Crippen LogP contribution in [0.5, 0.6) is 11.8 Å². The van der Waals surface area contributed by atoms with Crippen molar-refractivity contribution in [3.63, 3.8) is 0 Å². The molecule has 4 heteroatoms. The van der Waals surface area contributed by atoms with Gasteiger partial charge >= 0.3 is 6.01 Å². The number of aromatic nitrogens is 2. The molecule has 1 rings (SSSR count). The van der Waals surface area contributed by atoms with E-state index in [4.69, 9.17) is 9.47 Å². The zero-order valence-corrected chi connectivity index (χ0v) is 9.07. The molecule has 1 heterocycles. The standard InChI is InChI=1S/C10H16N2O2/c1-10(2,3)7-14-9-11-5-8(13-4)6-12-9/h5-6H,7H2,1-4H3. The first kappa shape index (κ1) is 10.8. The molecule has 0 spiro atoms. The lowest BCUT2D eigenvalue weighted by molar-refractivity contribution is 0.184. The van der Waals surface area contributed by atoms with Gasteiger partial charge in [-0.3, -0.25) is 0 Å². The molecule has 0 aliphatic heterocycles. The molecule has 78 valence electrons. The average Bonchev–Trinajstić information content (AvgIpc) is 2.14. The lowest BCUT2D eigenvalue weighted by atomic mass is 9.99. The Labute approximate surface area is 84.3 Å². The van der Waals surface area contributed by atoms with Crippen molar-refractivity contribution in [1.29, 1.82) is 0 Å². The van der Waals surface area contributed by atoms with Gasteiger partial charge in [-0.05, 0) is 5.41 Å². The van der Waals surface area contributed by atoms with Crippen molar-refractivity contribution in [3.05, 3.63) is 12.4 Å². The maximum absolute atomic E-state index is 5.39. The van der Waals surface area contributed by atoms with Gasteiger partial charge in [-0.15, -0.1) is 0 Å². The van der Waals surface area contributed by atoms with E-state index in [1.807, 2.05) is 0 Å². The molecule has 1 aromatic heterocycles. The Kier molecular flexibility index (Phi) is 3.28. The molecular weight excluding hydrogens is 180 g/mol. The van der Waals surface area contributed by atoms with Gasteiger partial charge in [-0.1, -0.05) is 20.8 Å². The molecule has 0 aromatic carbocycles. The third-order valence-electron chi connectivity index (χ3n) is 1.47. The molecule has 0 bridgehead atoms. The molecule has 0 aliphatic carbocycles. The molecule has 14 heavy (non-hydrogen) atoms. The van der Waals surface area contributed by atoms with Crippen molar-refractivity contribution >= 4 is 0 Å². The van der Waals surface area contributed by atoms with Crippen LogP contribution >= 0.6 is 0 Å². The minimum atomic E-state index is 0.114.